The van der Waals surface area contributed by atoms with Gasteiger partial charge in [0, 0.05) is 26.2 Å². The zero-order chi connectivity index (χ0) is 15.5. The van der Waals surface area contributed by atoms with Crippen LogP contribution in [0.2, 0.25) is 0 Å². The Bertz CT molecular complexity index is 531. The molecule has 1 aromatic rings. The Hall–Kier alpha value is -1.11. The molecule has 0 aliphatic carbocycles. The quantitative estimate of drug-likeness (QED) is 0.900. The summed E-state index contributed by atoms with van der Waals surface area (Å²) in [5.74, 6) is 0.101. The number of likely N-dealkylation sites (N-methyl/N-ethyl adjacent to an activating group) is 1. The topological polar surface area (TPSA) is 52.7 Å². The van der Waals surface area contributed by atoms with Crippen LogP contribution in [0.4, 0.5) is 0 Å². The molecule has 0 bridgehead atoms. The van der Waals surface area contributed by atoms with Gasteiger partial charge >= 0.3 is 0 Å². The van der Waals surface area contributed by atoms with E-state index >= 15 is 0 Å². The summed E-state index contributed by atoms with van der Waals surface area (Å²) in [6.45, 7) is 2.50. The van der Waals surface area contributed by atoms with Gasteiger partial charge in [-0.2, -0.15) is 0 Å². The molecule has 2 amide bonds. The summed E-state index contributed by atoms with van der Waals surface area (Å²) >= 11 is 1.45. The molecule has 0 saturated carbocycles. The molecule has 0 aromatic carbocycles. The van der Waals surface area contributed by atoms with Crippen LogP contribution in [0.25, 0.3) is 0 Å². The van der Waals surface area contributed by atoms with Crippen LogP contribution in [0.15, 0.2) is 17.5 Å². The Morgan fingerprint density at radius 1 is 1.35 bits per heavy atom. The van der Waals surface area contributed by atoms with Crippen molar-refractivity contribution < 1.29 is 9.59 Å². The van der Waals surface area contributed by atoms with Crippen molar-refractivity contribution in [3.05, 3.63) is 22.4 Å². The Morgan fingerprint density at radius 2 is 2.17 bits per heavy atom. The predicted octanol–water partition coefficient (Wildman–Crippen LogP) is 1.98. The number of nitrogens with one attached hydrogen (secondary N) is 1. The fourth-order valence-electron chi connectivity index (χ4n) is 3.36. The Kier molecular flexibility index (Phi) is 6.44. The van der Waals surface area contributed by atoms with Gasteiger partial charge in [-0.1, -0.05) is 6.07 Å². The number of hydrogen-bond donors (Lipinski definition) is 1. The summed E-state index contributed by atoms with van der Waals surface area (Å²) in [7, 11) is 1.88. The van der Waals surface area contributed by atoms with Gasteiger partial charge in [0.1, 0.15) is 6.04 Å². The minimum atomic E-state index is -0.297. The number of amides is 2. The molecule has 1 aromatic heterocycles. The zero-order valence-corrected chi connectivity index (χ0v) is 15.0. The maximum absolute atomic E-state index is 12.9. The van der Waals surface area contributed by atoms with Crippen molar-refractivity contribution in [1.82, 2.24) is 15.1 Å². The van der Waals surface area contributed by atoms with E-state index in [2.05, 4.69) is 5.32 Å². The maximum atomic E-state index is 12.9. The highest BCUT2D eigenvalue weighted by Crippen LogP contribution is 2.24. The van der Waals surface area contributed by atoms with Crippen molar-refractivity contribution >= 4 is 35.6 Å². The number of likely N-dealkylation sites (tertiary alicyclic amines) is 1. The first-order valence-corrected chi connectivity index (χ1v) is 8.88. The highest BCUT2D eigenvalue weighted by atomic mass is 35.5. The summed E-state index contributed by atoms with van der Waals surface area (Å²) in [4.78, 5) is 29.9. The third kappa shape index (κ3) is 3.87. The van der Waals surface area contributed by atoms with Gasteiger partial charge in [0.15, 0.2) is 0 Å². The Labute approximate surface area is 147 Å². The largest absolute Gasteiger partial charge is 0.340 e. The van der Waals surface area contributed by atoms with Crippen LogP contribution in [-0.2, 0) is 4.79 Å². The molecule has 3 rings (SSSR count). The normalized spacial score (nSPS) is 24.1. The van der Waals surface area contributed by atoms with Crippen molar-refractivity contribution in [3.63, 3.8) is 0 Å². The molecule has 3 heterocycles. The number of carbonyl (C=O) groups excluding carboxylic acids is 2. The van der Waals surface area contributed by atoms with E-state index in [9.17, 15) is 9.59 Å². The third-order valence-corrected chi connectivity index (χ3v) is 5.57. The number of thiophene rings is 1. The lowest BCUT2D eigenvalue weighted by Crippen LogP contribution is -2.54. The highest BCUT2D eigenvalue weighted by molar-refractivity contribution is 7.12. The van der Waals surface area contributed by atoms with Gasteiger partial charge in [0.25, 0.3) is 5.91 Å². The molecule has 2 aliphatic heterocycles. The molecule has 2 unspecified atom stereocenters. The fourth-order valence-corrected chi connectivity index (χ4v) is 4.04. The zero-order valence-electron chi connectivity index (χ0n) is 13.4. The van der Waals surface area contributed by atoms with Crippen LogP contribution in [0.5, 0.6) is 0 Å². The van der Waals surface area contributed by atoms with Gasteiger partial charge in [0.05, 0.1) is 4.88 Å². The SMILES string of the molecule is CN(C(=O)C1CCCCN1C(=O)c1cccs1)C1CCNC1.Cl. The maximum Gasteiger partial charge on any atom is 0.264 e. The van der Waals surface area contributed by atoms with Crippen LogP contribution < -0.4 is 5.32 Å². The van der Waals surface area contributed by atoms with Gasteiger partial charge in [-0.15, -0.1) is 23.7 Å². The number of halogens is 1. The lowest BCUT2D eigenvalue weighted by atomic mass is 10.00. The van der Waals surface area contributed by atoms with Gasteiger partial charge in [-0.05, 0) is 43.7 Å². The Balaban J connectivity index is 0.00000192. The van der Waals surface area contributed by atoms with E-state index < -0.39 is 0 Å². The standard InChI is InChI=1S/C16H23N3O2S.ClH/c1-18(12-7-8-17-11-12)15(20)13-5-2-3-9-19(13)16(21)14-6-4-10-22-14;/h4,6,10,12-13,17H,2-3,5,7-9,11H2,1H3;1H. The summed E-state index contributed by atoms with van der Waals surface area (Å²) < 4.78 is 0. The average Bonchev–Trinajstić information content (AvgIpc) is 3.25. The van der Waals surface area contributed by atoms with Crippen LogP contribution >= 0.6 is 23.7 Å². The van der Waals surface area contributed by atoms with Crippen molar-refractivity contribution in [2.45, 2.75) is 37.8 Å². The molecule has 2 aliphatic rings. The fraction of sp³-hybridized carbons (Fsp3) is 0.625. The smallest absolute Gasteiger partial charge is 0.264 e. The number of rotatable bonds is 3. The lowest BCUT2D eigenvalue weighted by Gasteiger charge is -2.38. The third-order valence-electron chi connectivity index (χ3n) is 4.71. The van der Waals surface area contributed by atoms with Crippen LogP contribution in [0, 0.1) is 0 Å². The molecule has 2 fully saturated rings. The van der Waals surface area contributed by atoms with Gasteiger partial charge in [-0.25, -0.2) is 0 Å². The molecule has 7 heteroatoms. The van der Waals surface area contributed by atoms with E-state index in [4.69, 9.17) is 0 Å². The van der Waals surface area contributed by atoms with E-state index in [0.717, 1.165) is 43.6 Å². The van der Waals surface area contributed by atoms with E-state index in [1.54, 1.807) is 4.90 Å². The molecule has 2 saturated heterocycles. The highest BCUT2D eigenvalue weighted by Gasteiger charge is 2.36. The molecule has 0 spiro atoms. The molecular weight excluding hydrogens is 334 g/mol. The number of hydrogen-bond acceptors (Lipinski definition) is 4. The van der Waals surface area contributed by atoms with Gasteiger partial charge < -0.3 is 15.1 Å². The summed E-state index contributed by atoms with van der Waals surface area (Å²) in [5, 5.41) is 5.20. The van der Waals surface area contributed by atoms with Crippen molar-refractivity contribution in [1.29, 1.82) is 0 Å². The molecular formula is C16H24ClN3O2S. The van der Waals surface area contributed by atoms with Gasteiger partial charge in [0.2, 0.25) is 5.91 Å². The minimum Gasteiger partial charge on any atom is -0.340 e. The second-order valence-corrected chi connectivity index (χ2v) is 7.03. The molecule has 128 valence electrons. The van der Waals surface area contributed by atoms with E-state index in [1.165, 1.54) is 11.3 Å². The molecule has 0 radical (unpaired) electrons. The van der Waals surface area contributed by atoms with Gasteiger partial charge in [-0.3, -0.25) is 9.59 Å². The minimum absolute atomic E-state index is 0. The monoisotopic (exact) mass is 357 g/mol. The second-order valence-electron chi connectivity index (χ2n) is 6.08. The summed E-state index contributed by atoms with van der Waals surface area (Å²) in [6.07, 6.45) is 3.77. The first kappa shape index (κ1) is 18.2. The van der Waals surface area contributed by atoms with Crippen molar-refractivity contribution in [2.75, 3.05) is 26.7 Å². The number of piperidine rings is 1. The first-order chi connectivity index (χ1) is 10.7. The molecule has 23 heavy (non-hydrogen) atoms. The summed E-state index contributed by atoms with van der Waals surface area (Å²) in [5.41, 5.74) is 0. The van der Waals surface area contributed by atoms with Crippen molar-refractivity contribution in [2.24, 2.45) is 0 Å². The van der Waals surface area contributed by atoms with E-state index in [0.29, 0.717) is 6.54 Å². The average molecular weight is 358 g/mol. The van der Waals surface area contributed by atoms with Crippen LogP contribution in [0.3, 0.4) is 0 Å². The van der Waals surface area contributed by atoms with Crippen molar-refractivity contribution in [3.8, 4) is 0 Å². The van der Waals surface area contributed by atoms with E-state index in [1.807, 2.05) is 29.5 Å². The predicted molar refractivity (Wildman–Crippen MR) is 94.3 cm³/mol. The summed E-state index contributed by atoms with van der Waals surface area (Å²) in [6, 6.07) is 3.69. The van der Waals surface area contributed by atoms with E-state index in [-0.39, 0.29) is 36.3 Å². The molecule has 5 nitrogen and oxygen atoms in total. The Morgan fingerprint density at radius 3 is 2.83 bits per heavy atom. The number of carbonyl (C=O) groups is 2. The van der Waals surface area contributed by atoms with Crippen LogP contribution in [-0.4, -0.2) is 60.4 Å². The molecule has 2 atom stereocenters. The first-order valence-electron chi connectivity index (χ1n) is 8.00. The lowest BCUT2D eigenvalue weighted by molar-refractivity contribution is -0.137. The number of nitrogens with zero attached hydrogens (tertiary/aromatic N) is 2. The van der Waals surface area contributed by atoms with Crippen LogP contribution in [0.1, 0.15) is 35.4 Å². The second kappa shape index (κ2) is 8.13. The molecule has 1 N–H and O–H groups in total.